The molecular formula is C6H12N2. The molecule has 0 saturated heterocycles. The van der Waals surface area contributed by atoms with Gasteiger partial charge in [-0.2, -0.15) is 0 Å². The van der Waals surface area contributed by atoms with Gasteiger partial charge in [0.1, 0.15) is 0 Å². The first-order valence-electron chi connectivity index (χ1n) is 3.03. The quantitative estimate of drug-likeness (QED) is 0.470. The maximum atomic E-state index is 5.63. The standard InChI is InChI=1S/C6H12N2/c7-6-3-1-2-4-8-5-6/h2,4,6,8H,1,3,5,7H2. The van der Waals surface area contributed by atoms with Gasteiger partial charge >= 0.3 is 0 Å². The van der Waals surface area contributed by atoms with Crippen LogP contribution in [0.3, 0.4) is 0 Å². The first-order valence-corrected chi connectivity index (χ1v) is 3.03. The number of rotatable bonds is 0. The van der Waals surface area contributed by atoms with E-state index in [0.29, 0.717) is 6.04 Å². The zero-order chi connectivity index (χ0) is 5.82. The SMILES string of the molecule is NC1CCC=CNC1. The van der Waals surface area contributed by atoms with Crippen LogP contribution in [0.15, 0.2) is 12.3 Å². The molecule has 0 spiro atoms. The van der Waals surface area contributed by atoms with Gasteiger partial charge in [0.15, 0.2) is 0 Å². The average Bonchev–Trinajstić information content (AvgIpc) is 1.94. The molecule has 0 aliphatic carbocycles. The van der Waals surface area contributed by atoms with E-state index >= 15 is 0 Å². The molecule has 1 aliphatic rings. The van der Waals surface area contributed by atoms with Crippen molar-refractivity contribution in [3.63, 3.8) is 0 Å². The van der Waals surface area contributed by atoms with Gasteiger partial charge in [-0.25, -0.2) is 0 Å². The highest BCUT2D eigenvalue weighted by Crippen LogP contribution is 1.97. The van der Waals surface area contributed by atoms with Crippen LogP contribution in [0.4, 0.5) is 0 Å². The van der Waals surface area contributed by atoms with Crippen LogP contribution in [0.25, 0.3) is 0 Å². The molecule has 0 aromatic carbocycles. The zero-order valence-corrected chi connectivity index (χ0v) is 4.93. The Balaban J connectivity index is 2.28. The molecule has 1 aliphatic heterocycles. The summed E-state index contributed by atoms with van der Waals surface area (Å²) in [4.78, 5) is 0. The molecule has 0 saturated carbocycles. The third-order valence-corrected chi connectivity index (χ3v) is 1.32. The van der Waals surface area contributed by atoms with Crippen LogP contribution in [0.5, 0.6) is 0 Å². The molecule has 3 N–H and O–H groups in total. The van der Waals surface area contributed by atoms with Gasteiger partial charge in [-0.15, -0.1) is 0 Å². The Hall–Kier alpha value is -0.500. The maximum absolute atomic E-state index is 5.63. The second kappa shape index (κ2) is 2.72. The molecule has 0 aromatic rings. The molecule has 2 heteroatoms. The van der Waals surface area contributed by atoms with Crippen molar-refractivity contribution < 1.29 is 0 Å². The summed E-state index contributed by atoms with van der Waals surface area (Å²) >= 11 is 0. The normalized spacial score (nSPS) is 28.9. The molecule has 0 amide bonds. The lowest BCUT2D eigenvalue weighted by Gasteiger charge is -2.05. The highest BCUT2D eigenvalue weighted by atomic mass is 14.9. The Bertz CT molecular complexity index is 78.5. The largest absolute Gasteiger partial charge is 0.390 e. The van der Waals surface area contributed by atoms with Crippen LogP contribution in [0.1, 0.15) is 12.8 Å². The van der Waals surface area contributed by atoms with E-state index in [0.717, 1.165) is 19.4 Å². The van der Waals surface area contributed by atoms with Gasteiger partial charge in [0, 0.05) is 12.6 Å². The van der Waals surface area contributed by atoms with Crippen LogP contribution in [0, 0.1) is 0 Å². The number of hydrogen-bond donors (Lipinski definition) is 2. The minimum absolute atomic E-state index is 0.352. The Labute approximate surface area is 49.8 Å². The predicted molar refractivity (Wildman–Crippen MR) is 34.4 cm³/mol. The molecule has 2 nitrogen and oxygen atoms in total. The fourth-order valence-electron chi connectivity index (χ4n) is 0.798. The summed E-state index contributed by atoms with van der Waals surface area (Å²) in [6.07, 6.45) is 6.33. The fourth-order valence-corrected chi connectivity index (χ4v) is 0.798. The van der Waals surface area contributed by atoms with Crippen molar-refractivity contribution in [2.75, 3.05) is 6.54 Å². The Morgan fingerprint density at radius 2 is 2.50 bits per heavy atom. The third kappa shape index (κ3) is 1.54. The van der Waals surface area contributed by atoms with Crippen molar-refractivity contribution in [2.24, 2.45) is 5.73 Å². The molecule has 8 heavy (non-hydrogen) atoms. The second-order valence-corrected chi connectivity index (χ2v) is 2.15. The van der Waals surface area contributed by atoms with Crippen molar-refractivity contribution >= 4 is 0 Å². The van der Waals surface area contributed by atoms with Crippen LogP contribution in [-0.2, 0) is 0 Å². The summed E-state index contributed by atoms with van der Waals surface area (Å²) in [5.74, 6) is 0. The number of nitrogens with one attached hydrogen (secondary N) is 1. The number of allylic oxidation sites excluding steroid dienone is 1. The van der Waals surface area contributed by atoms with Gasteiger partial charge in [-0.1, -0.05) is 6.08 Å². The van der Waals surface area contributed by atoms with Crippen LogP contribution < -0.4 is 11.1 Å². The number of hydrogen-bond acceptors (Lipinski definition) is 2. The van der Waals surface area contributed by atoms with E-state index in [1.54, 1.807) is 0 Å². The lowest BCUT2D eigenvalue weighted by molar-refractivity contribution is 0.610. The van der Waals surface area contributed by atoms with Crippen LogP contribution >= 0.6 is 0 Å². The molecule has 1 heterocycles. The van der Waals surface area contributed by atoms with Crippen LogP contribution in [-0.4, -0.2) is 12.6 Å². The van der Waals surface area contributed by atoms with E-state index in [1.807, 2.05) is 6.20 Å². The van der Waals surface area contributed by atoms with Gasteiger partial charge < -0.3 is 11.1 Å². The fraction of sp³-hybridized carbons (Fsp3) is 0.667. The Morgan fingerprint density at radius 3 is 3.38 bits per heavy atom. The first-order chi connectivity index (χ1) is 3.89. The van der Waals surface area contributed by atoms with Crippen molar-refractivity contribution in [1.29, 1.82) is 0 Å². The molecular weight excluding hydrogens is 100 g/mol. The van der Waals surface area contributed by atoms with Gasteiger partial charge in [0.2, 0.25) is 0 Å². The molecule has 0 fully saturated rings. The molecule has 46 valence electrons. The van der Waals surface area contributed by atoms with Crippen molar-refractivity contribution in [2.45, 2.75) is 18.9 Å². The summed E-state index contributed by atoms with van der Waals surface area (Å²) in [6.45, 7) is 0.927. The molecule has 0 aromatic heterocycles. The Kier molecular flexibility index (Phi) is 1.92. The molecule has 1 rings (SSSR count). The van der Waals surface area contributed by atoms with E-state index in [4.69, 9.17) is 5.73 Å². The van der Waals surface area contributed by atoms with Gasteiger partial charge in [0.05, 0.1) is 0 Å². The van der Waals surface area contributed by atoms with E-state index < -0.39 is 0 Å². The topological polar surface area (TPSA) is 38.0 Å². The summed E-state index contributed by atoms with van der Waals surface area (Å²) in [5, 5.41) is 3.09. The minimum Gasteiger partial charge on any atom is -0.390 e. The lowest BCUT2D eigenvalue weighted by Crippen LogP contribution is -2.29. The molecule has 1 unspecified atom stereocenters. The van der Waals surface area contributed by atoms with E-state index in [2.05, 4.69) is 11.4 Å². The van der Waals surface area contributed by atoms with Crippen molar-refractivity contribution in [3.05, 3.63) is 12.3 Å². The van der Waals surface area contributed by atoms with Gasteiger partial charge in [-0.3, -0.25) is 0 Å². The molecule has 1 atom stereocenters. The summed E-state index contributed by atoms with van der Waals surface area (Å²) in [7, 11) is 0. The monoisotopic (exact) mass is 112 g/mol. The highest BCUT2D eigenvalue weighted by Gasteiger charge is 2.00. The smallest absolute Gasteiger partial charge is 0.0293 e. The summed E-state index contributed by atoms with van der Waals surface area (Å²) in [6, 6.07) is 0.352. The summed E-state index contributed by atoms with van der Waals surface area (Å²) < 4.78 is 0. The third-order valence-electron chi connectivity index (χ3n) is 1.32. The van der Waals surface area contributed by atoms with Crippen molar-refractivity contribution in [3.8, 4) is 0 Å². The van der Waals surface area contributed by atoms with E-state index in [9.17, 15) is 0 Å². The predicted octanol–water partition coefficient (Wildman–Crippen LogP) is 0.211. The van der Waals surface area contributed by atoms with Gasteiger partial charge in [0.25, 0.3) is 0 Å². The minimum atomic E-state index is 0.352. The van der Waals surface area contributed by atoms with Crippen molar-refractivity contribution in [1.82, 2.24) is 5.32 Å². The van der Waals surface area contributed by atoms with E-state index in [1.165, 1.54) is 0 Å². The summed E-state index contributed by atoms with van der Waals surface area (Å²) in [5.41, 5.74) is 5.63. The van der Waals surface area contributed by atoms with Gasteiger partial charge in [-0.05, 0) is 19.0 Å². The maximum Gasteiger partial charge on any atom is 0.0293 e. The zero-order valence-electron chi connectivity index (χ0n) is 4.93. The Morgan fingerprint density at radius 1 is 1.62 bits per heavy atom. The van der Waals surface area contributed by atoms with E-state index in [-0.39, 0.29) is 0 Å². The number of nitrogens with two attached hydrogens (primary N) is 1. The first kappa shape index (κ1) is 5.63. The second-order valence-electron chi connectivity index (χ2n) is 2.15. The van der Waals surface area contributed by atoms with Crippen LogP contribution in [0.2, 0.25) is 0 Å². The average molecular weight is 112 g/mol. The molecule has 0 radical (unpaired) electrons. The molecule has 0 bridgehead atoms. The lowest BCUT2D eigenvalue weighted by atomic mass is 10.2. The highest BCUT2D eigenvalue weighted by molar-refractivity contribution is 4.86.